The molecule has 1 fully saturated rings. The highest BCUT2D eigenvalue weighted by Crippen LogP contribution is 2.21. The molecule has 0 amide bonds. The fourth-order valence-corrected chi connectivity index (χ4v) is 4.22. The summed E-state index contributed by atoms with van der Waals surface area (Å²) in [5.74, 6) is 0.103. The molecule has 1 aliphatic rings. The molecule has 1 aromatic carbocycles. The van der Waals surface area contributed by atoms with Gasteiger partial charge in [-0.3, -0.25) is 0 Å². The van der Waals surface area contributed by atoms with E-state index in [0.29, 0.717) is 13.1 Å². The summed E-state index contributed by atoms with van der Waals surface area (Å²) in [6.45, 7) is 1.06. The van der Waals surface area contributed by atoms with Crippen LogP contribution in [0.1, 0.15) is 18.4 Å². The molecule has 1 aliphatic heterocycles. The van der Waals surface area contributed by atoms with E-state index in [-0.39, 0.29) is 18.3 Å². The van der Waals surface area contributed by atoms with E-state index in [1.807, 2.05) is 24.3 Å². The average Bonchev–Trinajstić information content (AvgIpc) is 2.41. The molecular formula is C13H18BrNO3S. The minimum atomic E-state index is -3.29. The van der Waals surface area contributed by atoms with Gasteiger partial charge in [-0.25, -0.2) is 12.7 Å². The number of sulfonamides is 1. The number of rotatable bonds is 4. The molecule has 0 spiro atoms. The standard InChI is InChI=1S/C13H18BrNO3S/c14-13-5-3-11(4-6-13)10-19(17,18)15-7-1-2-12(8-15)9-16/h3-6,12,16H,1-2,7-10H2. The van der Waals surface area contributed by atoms with Crippen LogP contribution in [0.25, 0.3) is 0 Å². The molecule has 0 aromatic heterocycles. The molecule has 1 unspecified atom stereocenters. The summed E-state index contributed by atoms with van der Waals surface area (Å²) in [4.78, 5) is 0. The molecule has 4 nitrogen and oxygen atoms in total. The second-order valence-corrected chi connectivity index (χ2v) is 7.82. The molecule has 106 valence electrons. The largest absolute Gasteiger partial charge is 0.396 e. The molecule has 0 radical (unpaired) electrons. The topological polar surface area (TPSA) is 57.6 Å². The maximum Gasteiger partial charge on any atom is 0.218 e. The van der Waals surface area contributed by atoms with Gasteiger partial charge in [-0.05, 0) is 36.5 Å². The van der Waals surface area contributed by atoms with Crippen LogP contribution in [0.4, 0.5) is 0 Å². The fourth-order valence-electron chi connectivity index (χ4n) is 2.31. The van der Waals surface area contributed by atoms with Crippen molar-refractivity contribution in [3.05, 3.63) is 34.3 Å². The third-order valence-electron chi connectivity index (χ3n) is 3.40. The van der Waals surface area contributed by atoms with E-state index < -0.39 is 10.0 Å². The summed E-state index contributed by atoms with van der Waals surface area (Å²) in [7, 11) is -3.29. The van der Waals surface area contributed by atoms with Crippen LogP contribution in [0, 0.1) is 5.92 Å². The van der Waals surface area contributed by atoms with Crippen molar-refractivity contribution >= 4 is 26.0 Å². The number of halogens is 1. The molecule has 2 rings (SSSR count). The first-order valence-corrected chi connectivity index (χ1v) is 8.74. The molecule has 0 saturated carbocycles. The second kappa shape index (κ2) is 6.35. The second-order valence-electron chi connectivity index (χ2n) is 4.93. The van der Waals surface area contributed by atoms with Crippen LogP contribution in [0.3, 0.4) is 0 Å². The molecular weight excluding hydrogens is 330 g/mol. The lowest BCUT2D eigenvalue weighted by atomic mass is 10.0. The van der Waals surface area contributed by atoms with Gasteiger partial charge >= 0.3 is 0 Å². The van der Waals surface area contributed by atoms with Gasteiger partial charge < -0.3 is 5.11 Å². The van der Waals surface area contributed by atoms with Crippen LogP contribution in [-0.2, 0) is 15.8 Å². The van der Waals surface area contributed by atoms with Crippen molar-refractivity contribution in [1.82, 2.24) is 4.31 Å². The quantitative estimate of drug-likeness (QED) is 0.905. The van der Waals surface area contributed by atoms with Crippen molar-refractivity contribution in [3.8, 4) is 0 Å². The van der Waals surface area contributed by atoms with E-state index in [0.717, 1.165) is 22.9 Å². The number of benzene rings is 1. The van der Waals surface area contributed by atoms with Gasteiger partial charge in [0.05, 0.1) is 5.75 Å². The molecule has 19 heavy (non-hydrogen) atoms. The predicted molar refractivity (Wildman–Crippen MR) is 78.1 cm³/mol. The molecule has 1 saturated heterocycles. The Morgan fingerprint density at radius 3 is 2.63 bits per heavy atom. The summed E-state index contributed by atoms with van der Waals surface area (Å²) in [5.41, 5.74) is 0.786. The van der Waals surface area contributed by atoms with E-state index in [4.69, 9.17) is 5.11 Å². The average molecular weight is 348 g/mol. The van der Waals surface area contributed by atoms with Gasteiger partial charge in [0.2, 0.25) is 10.0 Å². The van der Waals surface area contributed by atoms with Gasteiger partial charge in [0.25, 0.3) is 0 Å². The van der Waals surface area contributed by atoms with Crippen LogP contribution < -0.4 is 0 Å². The molecule has 1 N–H and O–H groups in total. The Balaban J connectivity index is 2.07. The summed E-state index contributed by atoms with van der Waals surface area (Å²) < 4.78 is 27.1. The maximum atomic E-state index is 12.3. The molecule has 1 atom stereocenters. The number of hydrogen-bond acceptors (Lipinski definition) is 3. The monoisotopic (exact) mass is 347 g/mol. The Bertz CT molecular complexity index is 515. The normalized spacial score (nSPS) is 21.5. The first-order chi connectivity index (χ1) is 9.01. The Kier molecular flexibility index (Phi) is 5.00. The lowest BCUT2D eigenvalue weighted by Crippen LogP contribution is -2.41. The van der Waals surface area contributed by atoms with Crippen LogP contribution in [0.15, 0.2) is 28.7 Å². The maximum absolute atomic E-state index is 12.3. The van der Waals surface area contributed by atoms with Crippen molar-refractivity contribution in [2.24, 2.45) is 5.92 Å². The predicted octanol–water partition coefficient (Wildman–Crippen LogP) is 1.98. The van der Waals surface area contributed by atoms with Gasteiger partial charge in [0.1, 0.15) is 0 Å². The highest BCUT2D eigenvalue weighted by molar-refractivity contribution is 9.10. The number of aliphatic hydroxyl groups excluding tert-OH is 1. The van der Waals surface area contributed by atoms with Gasteiger partial charge in [-0.2, -0.15) is 0 Å². The SMILES string of the molecule is O=S(=O)(Cc1ccc(Br)cc1)N1CCCC(CO)C1. The van der Waals surface area contributed by atoms with Crippen molar-refractivity contribution < 1.29 is 13.5 Å². The lowest BCUT2D eigenvalue weighted by molar-refractivity contribution is 0.165. The number of aliphatic hydroxyl groups is 1. The van der Waals surface area contributed by atoms with Crippen LogP contribution in [0.5, 0.6) is 0 Å². The molecule has 6 heteroatoms. The van der Waals surface area contributed by atoms with E-state index in [1.54, 1.807) is 0 Å². The third-order valence-corrected chi connectivity index (χ3v) is 5.74. The summed E-state index contributed by atoms with van der Waals surface area (Å²) in [6, 6.07) is 7.32. The van der Waals surface area contributed by atoms with E-state index in [9.17, 15) is 8.42 Å². The van der Waals surface area contributed by atoms with Crippen LogP contribution >= 0.6 is 15.9 Å². The van der Waals surface area contributed by atoms with Gasteiger partial charge in [-0.1, -0.05) is 28.1 Å². The van der Waals surface area contributed by atoms with Crippen molar-refractivity contribution in [2.75, 3.05) is 19.7 Å². The van der Waals surface area contributed by atoms with Crippen LogP contribution in [-0.4, -0.2) is 37.5 Å². The minimum absolute atomic E-state index is 0.0262. The fraction of sp³-hybridized carbons (Fsp3) is 0.538. The minimum Gasteiger partial charge on any atom is -0.396 e. The van der Waals surface area contributed by atoms with E-state index in [1.165, 1.54) is 4.31 Å². The zero-order valence-electron chi connectivity index (χ0n) is 10.6. The van der Waals surface area contributed by atoms with Gasteiger partial charge in [0, 0.05) is 24.2 Å². The molecule has 1 heterocycles. The van der Waals surface area contributed by atoms with Crippen molar-refractivity contribution in [3.63, 3.8) is 0 Å². The first kappa shape index (κ1) is 15.0. The summed E-state index contributed by atoms with van der Waals surface area (Å²) in [5, 5.41) is 9.17. The summed E-state index contributed by atoms with van der Waals surface area (Å²) >= 11 is 3.33. The number of hydrogen-bond donors (Lipinski definition) is 1. The molecule has 1 aromatic rings. The number of nitrogens with zero attached hydrogens (tertiary/aromatic N) is 1. The smallest absolute Gasteiger partial charge is 0.218 e. The third kappa shape index (κ3) is 4.02. The first-order valence-electron chi connectivity index (χ1n) is 6.34. The highest BCUT2D eigenvalue weighted by Gasteiger charge is 2.28. The number of piperidine rings is 1. The van der Waals surface area contributed by atoms with Gasteiger partial charge in [-0.15, -0.1) is 0 Å². The molecule has 0 bridgehead atoms. The van der Waals surface area contributed by atoms with E-state index in [2.05, 4.69) is 15.9 Å². The van der Waals surface area contributed by atoms with Crippen LogP contribution in [0.2, 0.25) is 0 Å². The Morgan fingerprint density at radius 1 is 1.32 bits per heavy atom. The summed E-state index contributed by atoms with van der Waals surface area (Å²) in [6.07, 6.45) is 1.73. The Morgan fingerprint density at radius 2 is 2.00 bits per heavy atom. The Labute approximate surface area is 122 Å². The lowest BCUT2D eigenvalue weighted by Gasteiger charge is -2.31. The zero-order chi connectivity index (χ0) is 13.9. The van der Waals surface area contributed by atoms with Crippen molar-refractivity contribution in [1.29, 1.82) is 0 Å². The van der Waals surface area contributed by atoms with Crippen molar-refractivity contribution in [2.45, 2.75) is 18.6 Å². The zero-order valence-corrected chi connectivity index (χ0v) is 13.0. The van der Waals surface area contributed by atoms with E-state index >= 15 is 0 Å². The highest BCUT2D eigenvalue weighted by atomic mass is 79.9. The Hall–Kier alpha value is -0.430. The van der Waals surface area contributed by atoms with Gasteiger partial charge in [0.15, 0.2) is 0 Å². The molecule has 0 aliphatic carbocycles.